The molecule has 0 atom stereocenters. The molecule has 0 aliphatic heterocycles. The van der Waals surface area contributed by atoms with Gasteiger partial charge in [-0.15, -0.1) is 18.2 Å². The van der Waals surface area contributed by atoms with E-state index in [-0.39, 0.29) is 12.4 Å². The quantitative estimate of drug-likeness (QED) is 0.225. The fourth-order valence-electron chi connectivity index (χ4n) is 0.269. The molecule has 0 radical (unpaired) electrons. The van der Waals surface area contributed by atoms with Crippen LogP contribution in [0.25, 0.3) is 0 Å². The third-order valence-corrected chi connectivity index (χ3v) is 1.12. The highest BCUT2D eigenvalue weighted by Crippen LogP contribution is 2.04. The first-order chi connectivity index (χ1) is 4.31. The minimum absolute atomic E-state index is 0.258. The summed E-state index contributed by atoms with van der Waals surface area (Å²) in [5.74, 6) is 0.0435. The van der Waals surface area contributed by atoms with Crippen LogP contribution < -0.4 is 0 Å². The smallest absolute Gasteiger partial charge is 0.310 e. The summed E-state index contributed by atoms with van der Waals surface area (Å²) in [6, 6.07) is 0. The molecule has 0 rings (SSSR count). The molecule has 0 N–H and O–H groups in total. The second-order valence-electron chi connectivity index (χ2n) is 1.26. The summed E-state index contributed by atoms with van der Waals surface area (Å²) in [4.78, 5) is 10.5. The maximum absolute atomic E-state index is 10.5. The molecule has 0 bridgehead atoms. The first-order valence-corrected chi connectivity index (χ1v) is 4.38. The van der Waals surface area contributed by atoms with Crippen LogP contribution in [0.5, 0.6) is 0 Å². The molecule has 0 amide bonds. The molecule has 0 aliphatic carbocycles. The molecule has 0 aromatic rings. The van der Waals surface area contributed by atoms with Crippen LogP contribution in [0.2, 0.25) is 0 Å². The average molecular weight is 164 g/mol. The topological polar surface area (TPSA) is 26.3 Å². The highest BCUT2D eigenvalue weighted by Gasteiger charge is 1.95. The molecule has 4 heteroatoms. The van der Waals surface area contributed by atoms with Crippen LogP contribution in [-0.2, 0) is 9.53 Å². The molecular formula is C5H8O2S2. The maximum atomic E-state index is 10.5. The number of esters is 1. The summed E-state index contributed by atoms with van der Waals surface area (Å²) in [6.07, 6.45) is 1.78. The van der Waals surface area contributed by atoms with Crippen molar-refractivity contribution < 1.29 is 9.53 Å². The molecule has 0 aromatic carbocycles. The lowest BCUT2D eigenvalue weighted by Crippen LogP contribution is -2.00. The van der Waals surface area contributed by atoms with Crippen LogP contribution in [0.1, 0.15) is 6.42 Å². The van der Waals surface area contributed by atoms with E-state index in [1.807, 2.05) is 0 Å². The summed E-state index contributed by atoms with van der Waals surface area (Å²) in [5, 5.41) is 0. The van der Waals surface area contributed by atoms with Gasteiger partial charge in [0.1, 0.15) is 5.94 Å². The van der Waals surface area contributed by atoms with Crippen molar-refractivity contribution in [2.75, 3.05) is 5.94 Å². The summed E-state index contributed by atoms with van der Waals surface area (Å²) >= 11 is 3.78. The lowest BCUT2D eigenvalue weighted by atomic mass is 10.4. The Hall–Kier alpha value is -0.0900. The lowest BCUT2D eigenvalue weighted by molar-refractivity contribution is -0.140. The molecule has 9 heavy (non-hydrogen) atoms. The van der Waals surface area contributed by atoms with Gasteiger partial charge >= 0.3 is 5.97 Å². The van der Waals surface area contributed by atoms with Crippen LogP contribution >= 0.6 is 22.5 Å². The zero-order valence-corrected chi connectivity index (χ0v) is 6.58. The van der Waals surface area contributed by atoms with Gasteiger partial charge in [-0.3, -0.25) is 4.79 Å². The van der Waals surface area contributed by atoms with Crippen LogP contribution in [-0.4, -0.2) is 11.9 Å². The Morgan fingerprint density at radius 1 is 1.89 bits per heavy atom. The molecule has 0 spiro atoms. The van der Waals surface area contributed by atoms with E-state index in [0.717, 1.165) is 0 Å². The first-order valence-electron chi connectivity index (χ1n) is 2.34. The number of thiol groups is 1. The van der Waals surface area contributed by atoms with Gasteiger partial charge in [-0.1, -0.05) is 16.9 Å². The van der Waals surface area contributed by atoms with Crippen molar-refractivity contribution in [3.8, 4) is 0 Å². The van der Waals surface area contributed by atoms with E-state index < -0.39 is 0 Å². The van der Waals surface area contributed by atoms with Gasteiger partial charge in [0, 0.05) is 0 Å². The van der Waals surface area contributed by atoms with E-state index in [2.05, 4.69) is 23.0 Å². The summed E-state index contributed by atoms with van der Waals surface area (Å²) in [6.45, 7) is 3.38. The SMILES string of the molecule is C=CCC(=O)OCSS. The third-order valence-electron chi connectivity index (χ3n) is 0.584. The minimum atomic E-state index is -0.258. The van der Waals surface area contributed by atoms with E-state index in [4.69, 9.17) is 0 Å². The van der Waals surface area contributed by atoms with Crippen molar-refractivity contribution in [2.45, 2.75) is 6.42 Å². The summed E-state index contributed by atoms with van der Waals surface area (Å²) in [7, 11) is 1.17. The molecule has 0 saturated carbocycles. The largest absolute Gasteiger partial charge is 0.454 e. The predicted molar refractivity (Wildman–Crippen MR) is 42.4 cm³/mol. The third kappa shape index (κ3) is 5.79. The van der Waals surface area contributed by atoms with Gasteiger partial charge in [0.15, 0.2) is 0 Å². The fourth-order valence-corrected chi connectivity index (χ4v) is 0.611. The molecule has 0 fully saturated rings. The number of ether oxygens (including phenoxy) is 1. The number of rotatable bonds is 4. The Kier molecular flexibility index (Phi) is 5.98. The van der Waals surface area contributed by atoms with Crippen LogP contribution in [0.15, 0.2) is 12.7 Å². The molecule has 0 heterocycles. The molecular weight excluding hydrogens is 156 g/mol. The van der Waals surface area contributed by atoms with E-state index in [9.17, 15) is 4.79 Å². The van der Waals surface area contributed by atoms with Gasteiger partial charge in [0.05, 0.1) is 6.42 Å². The average Bonchev–Trinajstić information content (AvgIpc) is 1.85. The number of hydrogen-bond donors (Lipinski definition) is 1. The van der Waals surface area contributed by atoms with E-state index in [1.165, 1.54) is 16.9 Å². The van der Waals surface area contributed by atoms with E-state index >= 15 is 0 Å². The van der Waals surface area contributed by atoms with Crippen LogP contribution in [0, 0.1) is 0 Å². The Labute approximate surface area is 63.5 Å². The Bertz CT molecular complexity index is 103. The molecule has 52 valence electrons. The van der Waals surface area contributed by atoms with Crippen molar-refractivity contribution in [3.63, 3.8) is 0 Å². The Morgan fingerprint density at radius 2 is 2.56 bits per heavy atom. The Morgan fingerprint density at radius 3 is 3.00 bits per heavy atom. The summed E-state index contributed by atoms with van der Waals surface area (Å²) < 4.78 is 4.61. The predicted octanol–water partition coefficient (Wildman–Crippen LogP) is 1.64. The zero-order chi connectivity index (χ0) is 7.11. The molecule has 0 saturated heterocycles. The highest BCUT2D eigenvalue weighted by atomic mass is 33.1. The molecule has 2 nitrogen and oxygen atoms in total. The first kappa shape index (κ1) is 8.91. The fraction of sp³-hybridized carbons (Fsp3) is 0.400. The summed E-state index contributed by atoms with van der Waals surface area (Å²) in [5.41, 5.74) is 0. The van der Waals surface area contributed by atoms with Gasteiger partial charge in [0.25, 0.3) is 0 Å². The van der Waals surface area contributed by atoms with Gasteiger partial charge in [0.2, 0.25) is 0 Å². The second kappa shape index (κ2) is 6.04. The van der Waals surface area contributed by atoms with Crippen molar-refractivity contribution in [1.29, 1.82) is 0 Å². The van der Waals surface area contributed by atoms with E-state index in [0.29, 0.717) is 5.94 Å². The standard InChI is InChI=1S/C5H8O2S2/c1-2-3-5(6)7-4-9-8/h2,8H,1,3-4H2. The Balaban J connectivity index is 3.16. The van der Waals surface area contributed by atoms with Crippen LogP contribution in [0.4, 0.5) is 0 Å². The number of carbonyl (C=O) groups is 1. The van der Waals surface area contributed by atoms with Gasteiger partial charge < -0.3 is 4.74 Å². The molecule has 0 unspecified atom stereocenters. The molecule has 0 aliphatic rings. The van der Waals surface area contributed by atoms with Crippen molar-refractivity contribution in [2.24, 2.45) is 0 Å². The van der Waals surface area contributed by atoms with Gasteiger partial charge in [-0.05, 0) is 0 Å². The number of carbonyl (C=O) groups excluding carboxylic acids is 1. The normalized spacial score (nSPS) is 8.56. The zero-order valence-electron chi connectivity index (χ0n) is 4.87. The molecule has 0 aromatic heterocycles. The lowest BCUT2D eigenvalue weighted by Gasteiger charge is -1.96. The van der Waals surface area contributed by atoms with Crippen molar-refractivity contribution >= 4 is 28.4 Å². The van der Waals surface area contributed by atoms with Gasteiger partial charge in [-0.25, -0.2) is 0 Å². The maximum Gasteiger partial charge on any atom is 0.310 e. The highest BCUT2D eigenvalue weighted by molar-refractivity contribution is 8.68. The number of hydrogen-bond acceptors (Lipinski definition) is 4. The van der Waals surface area contributed by atoms with Crippen LogP contribution in [0.3, 0.4) is 0 Å². The van der Waals surface area contributed by atoms with Crippen molar-refractivity contribution in [3.05, 3.63) is 12.7 Å². The van der Waals surface area contributed by atoms with E-state index in [1.54, 1.807) is 0 Å². The minimum Gasteiger partial charge on any atom is -0.454 e. The monoisotopic (exact) mass is 164 g/mol. The van der Waals surface area contributed by atoms with Gasteiger partial charge in [-0.2, -0.15) is 0 Å². The van der Waals surface area contributed by atoms with Crippen molar-refractivity contribution in [1.82, 2.24) is 0 Å². The second-order valence-corrected chi connectivity index (χ2v) is 2.52.